The minimum atomic E-state index is 0.403. The molecule has 1 fully saturated rings. The van der Waals surface area contributed by atoms with E-state index in [0.717, 1.165) is 37.4 Å². The second-order valence-corrected chi connectivity index (χ2v) is 8.14. The van der Waals surface area contributed by atoms with Gasteiger partial charge in [-0.1, -0.05) is 31.4 Å². The molecule has 9 nitrogen and oxygen atoms in total. The second-order valence-electron chi connectivity index (χ2n) is 8.14. The summed E-state index contributed by atoms with van der Waals surface area (Å²) in [5.74, 6) is 3.37. The molecular formula is C24H38N6O3. The third-order valence-electron chi connectivity index (χ3n) is 5.64. The summed E-state index contributed by atoms with van der Waals surface area (Å²) in [5, 5.41) is 6.67. The Kier molecular flexibility index (Phi) is 11.1. The van der Waals surface area contributed by atoms with Gasteiger partial charge in [0.05, 0.1) is 33.5 Å². The maximum Gasteiger partial charge on any atom is 0.227 e. The highest BCUT2D eigenvalue weighted by Gasteiger charge is 2.20. The van der Waals surface area contributed by atoms with Crippen molar-refractivity contribution >= 4 is 11.9 Å². The Bertz CT molecular complexity index is 799. The molecule has 0 atom stereocenters. The normalized spacial score (nSPS) is 14.2. The van der Waals surface area contributed by atoms with Gasteiger partial charge in [-0.3, -0.25) is 0 Å². The fourth-order valence-electron chi connectivity index (χ4n) is 3.84. The molecule has 1 aliphatic carbocycles. The van der Waals surface area contributed by atoms with Crippen LogP contribution in [-0.4, -0.2) is 68.1 Å². The molecule has 1 aliphatic rings. The topological polar surface area (TPSA) is 116 Å². The zero-order valence-corrected chi connectivity index (χ0v) is 19.7. The van der Waals surface area contributed by atoms with E-state index in [0.29, 0.717) is 57.3 Å². The van der Waals surface area contributed by atoms with Gasteiger partial charge in [0.15, 0.2) is 0 Å². The van der Waals surface area contributed by atoms with Crippen molar-refractivity contribution < 1.29 is 14.2 Å². The van der Waals surface area contributed by atoms with Crippen LogP contribution in [0.3, 0.4) is 0 Å². The molecule has 2 aromatic rings. The zero-order valence-electron chi connectivity index (χ0n) is 19.7. The fraction of sp³-hybridized carbons (Fsp3) is 0.625. The maximum absolute atomic E-state index is 5.59. The van der Waals surface area contributed by atoms with E-state index in [1.807, 2.05) is 12.1 Å². The van der Waals surface area contributed by atoms with Crippen LogP contribution in [0.15, 0.2) is 24.3 Å². The summed E-state index contributed by atoms with van der Waals surface area (Å²) in [7, 11) is 1.68. The van der Waals surface area contributed by atoms with Crippen molar-refractivity contribution in [1.29, 1.82) is 0 Å². The van der Waals surface area contributed by atoms with Gasteiger partial charge in [-0.05, 0) is 37.0 Å². The van der Waals surface area contributed by atoms with Crippen molar-refractivity contribution in [2.24, 2.45) is 5.73 Å². The van der Waals surface area contributed by atoms with Crippen molar-refractivity contribution in [3.05, 3.63) is 35.7 Å². The van der Waals surface area contributed by atoms with E-state index < -0.39 is 0 Å². The molecule has 0 bridgehead atoms. The quantitative estimate of drug-likeness (QED) is 0.346. The number of benzene rings is 1. The van der Waals surface area contributed by atoms with Gasteiger partial charge >= 0.3 is 0 Å². The lowest BCUT2D eigenvalue weighted by Crippen LogP contribution is -2.18. The maximum atomic E-state index is 5.59. The smallest absolute Gasteiger partial charge is 0.227 e. The highest BCUT2D eigenvalue weighted by atomic mass is 16.5. The Morgan fingerprint density at radius 1 is 0.848 bits per heavy atom. The Labute approximate surface area is 196 Å². The van der Waals surface area contributed by atoms with Crippen LogP contribution in [0.5, 0.6) is 5.75 Å². The number of hydrogen-bond donors (Lipinski definition) is 3. The van der Waals surface area contributed by atoms with Crippen LogP contribution in [0, 0.1) is 0 Å². The Hall–Kier alpha value is -2.49. The first-order valence-corrected chi connectivity index (χ1v) is 12.0. The number of nitrogens with one attached hydrogen (secondary N) is 2. The van der Waals surface area contributed by atoms with Crippen molar-refractivity contribution in [2.45, 2.75) is 44.4 Å². The van der Waals surface area contributed by atoms with Gasteiger partial charge < -0.3 is 30.6 Å². The number of ether oxygens (including phenoxy) is 3. The molecule has 4 N–H and O–H groups in total. The van der Waals surface area contributed by atoms with E-state index in [4.69, 9.17) is 29.9 Å². The molecule has 1 saturated carbocycles. The lowest BCUT2D eigenvalue weighted by molar-refractivity contribution is 0.0547. The van der Waals surface area contributed by atoms with Crippen LogP contribution in [0.4, 0.5) is 11.9 Å². The predicted molar refractivity (Wildman–Crippen MR) is 130 cm³/mol. The second kappa shape index (κ2) is 14.6. The third-order valence-corrected chi connectivity index (χ3v) is 5.64. The average molecular weight is 459 g/mol. The number of anilines is 2. The summed E-state index contributed by atoms with van der Waals surface area (Å²) in [5.41, 5.74) is 6.63. The Morgan fingerprint density at radius 2 is 1.52 bits per heavy atom. The minimum Gasteiger partial charge on any atom is -0.497 e. The lowest BCUT2D eigenvalue weighted by atomic mass is 9.89. The van der Waals surface area contributed by atoms with E-state index in [1.54, 1.807) is 7.11 Å². The highest BCUT2D eigenvalue weighted by Crippen LogP contribution is 2.31. The highest BCUT2D eigenvalue weighted by molar-refractivity contribution is 5.36. The molecule has 3 rings (SSSR count). The van der Waals surface area contributed by atoms with Crippen LogP contribution in [0.25, 0.3) is 0 Å². The Balaban J connectivity index is 1.52. The molecule has 0 aliphatic heterocycles. The summed E-state index contributed by atoms with van der Waals surface area (Å²) in [6.45, 7) is 4.10. The SMILES string of the molecule is COc1ccc(CCNc2nc(NCCOCCOCCN)nc(C3CCCCC3)n2)cc1. The van der Waals surface area contributed by atoms with Crippen LogP contribution in [0.2, 0.25) is 0 Å². The van der Waals surface area contributed by atoms with E-state index in [1.165, 1.54) is 24.8 Å². The largest absolute Gasteiger partial charge is 0.497 e. The van der Waals surface area contributed by atoms with Gasteiger partial charge in [0, 0.05) is 25.6 Å². The molecule has 33 heavy (non-hydrogen) atoms. The first kappa shape index (κ1) is 25.1. The summed E-state index contributed by atoms with van der Waals surface area (Å²) in [6.07, 6.45) is 6.92. The Morgan fingerprint density at radius 3 is 2.18 bits per heavy atom. The molecule has 0 radical (unpaired) electrons. The lowest BCUT2D eigenvalue weighted by Gasteiger charge is -2.21. The molecule has 0 unspecified atom stereocenters. The van der Waals surface area contributed by atoms with Crippen LogP contribution < -0.4 is 21.1 Å². The monoisotopic (exact) mass is 458 g/mol. The van der Waals surface area contributed by atoms with E-state index in [2.05, 4.69) is 27.8 Å². The molecule has 1 aromatic carbocycles. The van der Waals surface area contributed by atoms with Crippen LogP contribution >= 0.6 is 0 Å². The molecule has 1 heterocycles. The van der Waals surface area contributed by atoms with Crippen LogP contribution in [-0.2, 0) is 15.9 Å². The number of rotatable bonds is 15. The average Bonchev–Trinajstić information content (AvgIpc) is 2.86. The van der Waals surface area contributed by atoms with Gasteiger partial charge in [0.1, 0.15) is 11.6 Å². The standard InChI is InChI=1S/C24H38N6O3/c1-31-21-9-7-19(8-10-21)11-13-26-23-28-22(20-5-3-2-4-6-20)29-24(30-23)27-14-16-33-18-17-32-15-12-25/h7-10,20H,2-6,11-18,25H2,1H3,(H2,26,27,28,29,30). The number of nitrogens with two attached hydrogens (primary N) is 1. The van der Waals surface area contributed by atoms with Crippen molar-refractivity contribution in [3.63, 3.8) is 0 Å². The van der Waals surface area contributed by atoms with Crippen molar-refractivity contribution in [3.8, 4) is 5.75 Å². The predicted octanol–water partition coefficient (Wildman–Crippen LogP) is 2.99. The summed E-state index contributed by atoms with van der Waals surface area (Å²) in [6, 6.07) is 8.12. The molecule has 0 amide bonds. The molecule has 0 spiro atoms. The summed E-state index contributed by atoms with van der Waals surface area (Å²) in [4.78, 5) is 14.1. The van der Waals surface area contributed by atoms with Gasteiger partial charge in [-0.15, -0.1) is 0 Å². The first-order valence-electron chi connectivity index (χ1n) is 12.0. The van der Waals surface area contributed by atoms with Crippen molar-refractivity contribution in [1.82, 2.24) is 15.0 Å². The molecule has 0 saturated heterocycles. The fourth-order valence-corrected chi connectivity index (χ4v) is 3.84. The summed E-state index contributed by atoms with van der Waals surface area (Å²) >= 11 is 0. The third kappa shape index (κ3) is 9.11. The van der Waals surface area contributed by atoms with E-state index >= 15 is 0 Å². The number of methoxy groups -OCH3 is 1. The van der Waals surface area contributed by atoms with E-state index in [9.17, 15) is 0 Å². The zero-order chi connectivity index (χ0) is 23.1. The van der Waals surface area contributed by atoms with Gasteiger partial charge in [0.2, 0.25) is 11.9 Å². The van der Waals surface area contributed by atoms with Gasteiger partial charge in [-0.25, -0.2) is 0 Å². The van der Waals surface area contributed by atoms with E-state index in [-0.39, 0.29) is 0 Å². The number of hydrogen-bond acceptors (Lipinski definition) is 9. The molecule has 1 aromatic heterocycles. The number of nitrogens with zero attached hydrogens (tertiary/aromatic N) is 3. The van der Waals surface area contributed by atoms with Gasteiger partial charge in [-0.2, -0.15) is 15.0 Å². The minimum absolute atomic E-state index is 0.403. The first-order chi connectivity index (χ1) is 16.3. The van der Waals surface area contributed by atoms with Gasteiger partial charge in [0.25, 0.3) is 0 Å². The molecule has 182 valence electrons. The number of aromatic nitrogens is 3. The molecular weight excluding hydrogens is 420 g/mol. The van der Waals surface area contributed by atoms with Crippen molar-refractivity contribution in [2.75, 3.05) is 63.8 Å². The van der Waals surface area contributed by atoms with Crippen LogP contribution in [0.1, 0.15) is 49.4 Å². The summed E-state index contributed by atoms with van der Waals surface area (Å²) < 4.78 is 16.1. The molecule has 9 heteroatoms.